The van der Waals surface area contributed by atoms with Gasteiger partial charge in [0.15, 0.2) is 0 Å². The van der Waals surface area contributed by atoms with Crippen LogP contribution in [0.15, 0.2) is 59.1 Å². The molecule has 170 valence electrons. The van der Waals surface area contributed by atoms with E-state index in [4.69, 9.17) is 22.9 Å². The number of nitrogens with zero attached hydrogens (tertiary/aromatic N) is 4. The summed E-state index contributed by atoms with van der Waals surface area (Å²) in [7, 11) is 0. The van der Waals surface area contributed by atoms with Crippen LogP contribution in [-0.2, 0) is 4.79 Å². The largest absolute Gasteiger partial charge is 0.405 e. The molecule has 1 aliphatic rings. The number of aliphatic imine (C=N–C) groups is 1. The van der Waals surface area contributed by atoms with Crippen LogP contribution in [0.2, 0.25) is 0 Å². The van der Waals surface area contributed by atoms with Crippen molar-refractivity contribution in [3.63, 3.8) is 0 Å². The summed E-state index contributed by atoms with van der Waals surface area (Å²) in [4.78, 5) is 21.6. The van der Waals surface area contributed by atoms with E-state index in [0.717, 1.165) is 6.07 Å². The number of nitriles is 1. The second kappa shape index (κ2) is 11.5. The molecule has 1 saturated heterocycles. The molecule has 11 heteroatoms. The fourth-order valence-corrected chi connectivity index (χ4v) is 3.31. The minimum Gasteiger partial charge on any atom is -0.405 e. The maximum absolute atomic E-state index is 13.3. The number of piperidine rings is 1. The number of nitrogens with two attached hydrogens (primary N) is 4. The van der Waals surface area contributed by atoms with Crippen molar-refractivity contribution < 1.29 is 9.18 Å². The molecule has 1 amide bonds. The first kappa shape index (κ1) is 24.4. The van der Waals surface area contributed by atoms with Crippen molar-refractivity contribution in [2.24, 2.45) is 27.9 Å². The lowest BCUT2D eigenvalue weighted by Gasteiger charge is -2.41. The molecule has 9 N–H and O–H groups in total. The number of hydrogen-bond acceptors (Lipinski definition) is 8. The van der Waals surface area contributed by atoms with Crippen LogP contribution < -0.4 is 28.3 Å². The Labute approximate surface area is 186 Å². The van der Waals surface area contributed by atoms with E-state index in [9.17, 15) is 14.4 Å². The van der Waals surface area contributed by atoms with Crippen LogP contribution in [0, 0.1) is 17.3 Å². The second-order valence-electron chi connectivity index (χ2n) is 7.42. The molecule has 0 atom stereocenters. The van der Waals surface area contributed by atoms with Crippen LogP contribution in [0.25, 0.3) is 0 Å². The fourth-order valence-electron chi connectivity index (χ4n) is 3.31. The van der Waals surface area contributed by atoms with E-state index in [1.807, 2.05) is 0 Å². The molecule has 0 bridgehead atoms. The van der Waals surface area contributed by atoms with Crippen LogP contribution >= 0.6 is 0 Å². The first-order valence-electron chi connectivity index (χ1n) is 9.94. The zero-order valence-electron chi connectivity index (χ0n) is 17.7. The van der Waals surface area contributed by atoms with Gasteiger partial charge in [-0.2, -0.15) is 9.65 Å². The standard InChI is InChI=1S/C21H28FN9O/c22-18-12-16(3-9-28-18)30-19(26)17(20(27)32)13-29-21(4-8-24)5-10-31(11-6-21)14-15(25)2-1-7-23/h1-3,7,9,12-13,29H,4-6,10-11,14,23,25H2,(H2,27,32)(H2,26,28,30)/b7-1-,15-2-,17-13+. The summed E-state index contributed by atoms with van der Waals surface area (Å²) in [6, 6.07) is 4.72. The first-order chi connectivity index (χ1) is 15.3. The average molecular weight is 442 g/mol. The third kappa shape index (κ3) is 7.10. The Balaban J connectivity index is 2.15. The van der Waals surface area contributed by atoms with E-state index in [-0.39, 0.29) is 23.5 Å². The number of hydrogen-bond donors (Lipinski definition) is 5. The number of allylic oxidation sites excluding steroid dienone is 2. The summed E-state index contributed by atoms with van der Waals surface area (Å²) >= 11 is 0. The highest BCUT2D eigenvalue weighted by atomic mass is 19.1. The molecule has 0 aromatic carbocycles. The Hall–Kier alpha value is -3.91. The Morgan fingerprint density at radius 2 is 2.09 bits per heavy atom. The normalized spacial score (nSPS) is 17.8. The molecule has 2 rings (SSSR count). The zero-order chi connectivity index (χ0) is 23.6. The van der Waals surface area contributed by atoms with E-state index in [1.165, 1.54) is 24.7 Å². The maximum atomic E-state index is 13.3. The molecule has 1 aliphatic heterocycles. The van der Waals surface area contributed by atoms with Gasteiger partial charge in [0.25, 0.3) is 5.91 Å². The van der Waals surface area contributed by atoms with Crippen molar-refractivity contribution >= 4 is 17.4 Å². The predicted octanol–water partition coefficient (Wildman–Crippen LogP) is 0.231. The summed E-state index contributed by atoms with van der Waals surface area (Å²) in [5.41, 5.74) is 23.0. The monoisotopic (exact) mass is 441 g/mol. The third-order valence-electron chi connectivity index (χ3n) is 5.08. The van der Waals surface area contributed by atoms with Crippen LogP contribution in [0.3, 0.4) is 0 Å². The van der Waals surface area contributed by atoms with Gasteiger partial charge in [-0.25, -0.2) is 9.98 Å². The highest BCUT2D eigenvalue weighted by Gasteiger charge is 2.34. The molecule has 0 unspecified atom stereocenters. The lowest BCUT2D eigenvalue weighted by atomic mass is 9.84. The minimum atomic E-state index is -0.802. The summed E-state index contributed by atoms with van der Waals surface area (Å²) < 4.78 is 13.3. The molecule has 0 saturated carbocycles. The third-order valence-corrected chi connectivity index (χ3v) is 5.08. The Morgan fingerprint density at radius 1 is 1.38 bits per heavy atom. The van der Waals surface area contributed by atoms with Crippen molar-refractivity contribution in [1.82, 2.24) is 15.2 Å². The number of halogens is 1. The van der Waals surface area contributed by atoms with Crippen molar-refractivity contribution in [3.05, 3.63) is 60.1 Å². The minimum absolute atomic E-state index is 0.0669. The van der Waals surface area contributed by atoms with Gasteiger partial charge in [-0.3, -0.25) is 9.69 Å². The van der Waals surface area contributed by atoms with Crippen LogP contribution in [0.1, 0.15) is 19.3 Å². The molecule has 0 spiro atoms. The quantitative estimate of drug-likeness (QED) is 0.118. The molecule has 32 heavy (non-hydrogen) atoms. The summed E-state index contributed by atoms with van der Waals surface area (Å²) in [5.74, 6) is -1.70. The van der Waals surface area contributed by atoms with Gasteiger partial charge in [0.2, 0.25) is 5.95 Å². The zero-order valence-corrected chi connectivity index (χ0v) is 17.7. The number of rotatable bonds is 9. The van der Waals surface area contributed by atoms with Gasteiger partial charge in [-0.05, 0) is 37.3 Å². The Bertz CT molecular complexity index is 970. The number of likely N-dealkylation sites (tertiary alicyclic amines) is 1. The number of amides is 1. The number of nitrogens with one attached hydrogen (secondary N) is 1. The van der Waals surface area contributed by atoms with Gasteiger partial charge in [-0.15, -0.1) is 0 Å². The first-order valence-corrected chi connectivity index (χ1v) is 9.94. The molecule has 0 radical (unpaired) electrons. The van der Waals surface area contributed by atoms with Gasteiger partial charge >= 0.3 is 0 Å². The number of pyridine rings is 1. The molecule has 10 nitrogen and oxygen atoms in total. The van der Waals surface area contributed by atoms with E-state index in [1.54, 1.807) is 12.2 Å². The number of carbonyl (C=O) groups excluding carboxylic acids is 1. The van der Waals surface area contributed by atoms with E-state index in [2.05, 4.69) is 26.3 Å². The van der Waals surface area contributed by atoms with Gasteiger partial charge in [-0.1, -0.05) is 0 Å². The highest BCUT2D eigenvalue weighted by molar-refractivity contribution is 6.20. The van der Waals surface area contributed by atoms with Gasteiger partial charge in [0.05, 0.1) is 29.3 Å². The lowest BCUT2D eigenvalue weighted by molar-refractivity contribution is -0.114. The highest BCUT2D eigenvalue weighted by Crippen LogP contribution is 2.26. The van der Waals surface area contributed by atoms with Crippen molar-refractivity contribution in [2.75, 3.05) is 19.6 Å². The molecule has 1 aromatic rings. The van der Waals surface area contributed by atoms with E-state index >= 15 is 0 Å². The smallest absolute Gasteiger partial charge is 0.253 e. The molecular weight excluding hydrogens is 413 g/mol. The SMILES string of the molecule is N#CCC1(N/C=C(/C(N)=O)C(N)=Nc2ccnc(F)c2)CCN(C/C(N)=C/C=C\N)CC1. The summed E-state index contributed by atoms with van der Waals surface area (Å²) in [6.07, 6.45) is 8.93. The lowest BCUT2D eigenvalue weighted by Crippen LogP contribution is -2.52. The molecule has 0 aliphatic carbocycles. The second-order valence-corrected chi connectivity index (χ2v) is 7.42. The molecule has 2 heterocycles. The summed E-state index contributed by atoms with van der Waals surface area (Å²) in [6.45, 7) is 1.96. The van der Waals surface area contributed by atoms with E-state index in [0.29, 0.717) is 38.2 Å². The molecule has 1 fully saturated rings. The summed E-state index contributed by atoms with van der Waals surface area (Å²) in [5, 5.41) is 12.5. The predicted molar refractivity (Wildman–Crippen MR) is 120 cm³/mol. The fraction of sp³-hybridized carbons (Fsp3) is 0.333. The van der Waals surface area contributed by atoms with Crippen molar-refractivity contribution in [2.45, 2.75) is 24.8 Å². The number of aromatic nitrogens is 1. The average Bonchev–Trinajstić information content (AvgIpc) is 2.74. The Morgan fingerprint density at radius 3 is 2.69 bits per heavy atom. The topological polar surface area (TPSA) is 185 Å². The number of amidine groups is 1. The van der Waals surface area contributed by atoms with Crippen LogP contribution in [0.5, 0.6) is 0 Å². The van der Waals surface area contributed by atoms with Crippen LogP contribution in [0.4, 0.5) is 10.1 Å². The number of carbonyl (C=O) groups is 1. The molecule has 1 aromatic heterocycles. The molecular formula is C21H28FN9O. The number of primary amides is 1. The van der Waals surface area contributed by atoms with Gasteiger partial charge in [0, 0.05) is 43.8 Å². The van der Waals surface area contributed by atoms with Crippen molar-refractivity contribution in [3.8, 4) is 6.07 Å². The maximum Gasteiger partial charge on any atom is 0.253 e. The van der Waals surface area contributed by atoms with Gasteiger partial charge < -0.3 is 28.3 Å². The van der Waals surface area contributed by atoms with Crippen LogP contribution in [-0.4, -0.2) is 46.8 Å². The van der Waals surface area contributed by atoms with Gasteiger partial charge in [0.1, 0.15) is 5.84 Å². The van der Waals surface area contributed by atoms with E-state index < -0.39 is 17.4 Å². The Kier molecular flexibility index (Phi) is 8.73. The van der Waals surface area contributed by atoms with Crippen molar-refractivity contribution in [1.29, 1.82) is 5.26 Å².